The quantitative estimate of drug-likeness (QED) is 0.316. The Bertz CT molecular complexity index is 503. The maximum atomic E-state index is 11.8. The first kappa shape index (κ1) is 12.2. The van der Waals surface area contributed by atoms with E-state index in [2.05, 4.69) is 4.79 Å². The van der Waals surface area contributed by atoms with Gasteiger partial charge >= 0.3 is 17.6 Å². The van der Waals surface area contributed by atoms with Crippen LogP contribution < -0.4 is 5.32 Å². The van der Waals surface area contributed by atoms with Crippen LogP contribution in [-0.4, -0.2) is 74.9 Å². The number of carbonyl (C=O) groups excluding carboxylic acids is 2. The Kier molecular flexibility index (Phi) is 2.62. The maximum Gasteiger partial charge on any atom is 0.405 e. The zero-order valence-corrected chi connectivity index (χ0v) is 9.46. The SMILES string of the molecule is [N-]=[N+]=C1C(=O)NC(=O)N2C1OCC1OC2C(O)C1O. The first-order valence-electron chi connectivity index (χ1n) is 5.53. The van der Waals surface area contributed by atoms with Gasteiger partial charge in [-0.25, -0.2) is 4.79 Å². The summed E-state index contributed by atoms with van der Waals surface area (Å²) in [5.74, 6) is -0.887. The third-order valence-corrected chi connectivity index (χ3v) is 3.31. The summed E-state index contributed by atoms with van der Waals surface area (Å²) in [6, 6.07) is -0.860. The molecule has 3 heterocycles. The van der Waals surface area contributed by atoms with Crippen LogP contribution in [0.15, 0.2) is 0 Å². The lowest BCUT2D eigenvalue weighted by molar-refractivity contribution is -0.135. The Morgan fingerprint density at radius 3 is 2.79 bits per heavy atom. The van der Waals surface area contributed by atoms with Crippen LogP contribution >= 0.6 is 0 Å². The van der Waals surface area contributed by atoms with Crippen molar-refractivity contribution in [3.05, 3.63) is 5.53 Å². The molecule has 0 aromatic carbocycles. The molecular formula is C9H10N4O6. The summed E-state index contributed by atoms with van der Waals surface area (Å²) >= 11 is 0. The van der Waals surface area contributed by atoms with Gasteiger partial charge in [0.05, 0.1) is 6.61 Å². The zero-order chi connectivity index (χ0) is 13.7. The number of fused-ring (bicyclic) bond motifs is 4. The van der Waals surface area contributed by atoms with Crippen LogP contribution in [0.5, 0.6) is 0 Å². The molecule has 5 atom stereocenters. The number of nitrogens with one attached hydrogen (secondary N) is 1. The fraction of sp³-hybridized carbons (Fsp3) is 0.667. The highest BCUT2D eigenvalue weighted by Crippen LogP contribution is 2.31. The zero-order valence-electron chi connectivity index (χ0n) is 9.46. The lowest BCUT2D eigenvalue weighted by atomic mass is 10.1. The topological polar surface area (TPSA) is 145 Å². The predicted molar refractivity (Wildman–Crippen MR) is 54.4 cm³/mol. The molecule has 3 rings (SSSR count). The average molecular weight is 270 g/mol. The maximum absolute atomic E-state index is 11.8. The molecule has 102 valence electrons. The smallest absolute Gasteiger partial charge is 0.387 e. The molecular weight excluding hydrogens is 260 g/mol. The molecule has 3 saturated heterocycles. The molecule has 3 N–H and O–H groups in total. The largest absolute Gasteiger partial charge is 0.405 e. The Hall–Kier alpha value is -1.84. The van der Waals surface area contributed by atoms with Gasteiger partial charge < -0.3 is 25.2 Å². The average Bonchev–Trinajstić information content (AvgIpc) is 2.56. The van der Waals surface area contributed by atoms with E-state index in [1.54, 1.807) is 0 Å². The highest BCUT2D eigenvalue weighted by Gasteiger charge is 2.58. The van der Waals surface area contributed by atoms with Crippen molar-refractivity contribution < 1.29 is 34.1 Å². The highest BCUT2D eigenvalue weighted by molar-refractivity contribution is 6.42. The number of amides is 3. The van der Waals surface area contributed by atoms with E-state index in [0.29, 0.717) is 0 Å². The Morgan fingerprint density at radius 2 is 2.11 bits per heavy atom. The van der Waals surface area contributed by atoms with Gasteiger partial charge in [-0.3, -0.25) is 15.0 Å². The Morgan fingerprint density at radius 1 is 1.37 bits per heavy atom. The van der Waals surface area contributed by atoms with E-state index in [1.807, 2.05) is 5.32 Å². The molecule has 19 heavy (non-hydrogen) atoms. The molecule has 3 amide bonds. The van der Waals surface area contributed by atoms with Crippen molar-refractivity contribution in [3.63, 3.8) is 0 Å². The molecule has 0 saturated carbocycles. The van der Waals surface area contributed by atoms with Crippen molar-refractivity contribution >= 4 is 17.6 Å². The van der Waals surface area contributed by atoms with Crippen molar-refractivity contribution in [1.29, 1.82) is 0 Å². The number of carbonyl (C=O) groups is 2. The lowest BCUT2D eigenvalue weighted by Gasteiger charge is -2.35. The third kappa shape index (κ3) is 1.59. The van der Waals surface area contributed by atoms with Crippen LogP contribution in [0.3, 0.4) is 0 Å². The van der Waals surface area contributed by atoms with E-state index in [9.17, 15) is 19.8 Å². The van der Waals surface area contributed by atoms with Gasteiger partial charge in [-0.2, -0.15) is 4.79 Å². The predicted octanol–water partition coefficient (Wildman–Crippen LogP) is -2.99. The molecule has 0 radical (unpaired) electrons. The summed E-state index contributed by atoms with van der Waals surface area (Å²) in [7, 11) is 0. The van der Waals surface area contributed by atoms with Crippen LogP contribution in [0.25, 0.3) is 5.53 Å². The van der Waals surface area contributed by atoms with Gasteiger partial charge in [0.15, 0.2) is 6.23 Å². The van der Waals surface area contributed by atoms with Crippen LogP contribution in [-0.2, 0) is 14.3 Å². The molecule has 3 aliphatic rings. The van der Waals surface area contributed by atoms with Crippen molar-refractivity contribution in [2.24, 2.45) is 0 Å². The number of aliphatic hydroxyl groups is 2. The van der Waals surface area contributed by atoms with Gasteiger partial charge in [0.2, 0.25) is 6.23 Å². The van der Waals surface area contributed by atoms with Crippen molar-refractivity contribution in [2.75, 3.05) is 6.61 Å². The number of nitrogens with zero attached hydrogens (tertiary/aromatic N) is 3. The monoisotopic (exact) mass is 270 g/mol. The molecule has 10 nitrogen and oxygen atoms in total. The lowest BCUT2D eigenvalue weighted by Crippen LogP contribution is -2.66. The van der Waals surface area contributed by atoms with E-state index >= 15 is 0 Å². The van der Waals surface area contributed by atoms with Gasteiger partial charge in [0, 0.05) is 0 Å². The van der Waals surface area contributed by atoms with Crippen molar-refractivity contribution in [1.82, 2.24) is 10.2 Å². The summed E-state index contributed by atoms with van der Waals surface area (Å²) in [6.07, 6.45) is -5.81. The second-order valence-electron chi connectivity index (χ2n) is 4.38. The minimum atomic E-state index is -1.34. The highest BCUT2D eigenvalue weighted by atomic mass is 16.6. The van der Waals surface area contributed by atoms with E-state index in [1.165, 1.54) is 0 Å². The number of rotatable bonds is 0. The van der Waals surface area contributed by atoms with Crippen LogP contribution in [0.1, 0.15) is 0 Å². The molecule has 0 aliphatic carbocycles. The summed E-state index contributed by atoms with van der Waals surface area (Å²) < 4.78 is 10.6. The molecule has 0 aromatic rings. The molecule has 2 bridgehead atoms. The van der Waals surface area contributed by atoms with Gasteiger partial charge in [-0.1, -0.05) is 0 Å². The summed E-state index contributed by atoms with van der Waals surface area (Å²) in [5, 5.41) is 21.4. The summed E-state index contributed by atoms with van der Waals surface area (Å²) in [5.41, 5.74) is 8.40. The Balaban J connectivity index is 2.02. The van der Waals surface area contributed by atoms with E-state index in [-0.39, 0.29) is 6.61 Å². The van der Waals surface area contributed by atoms with Gasteiger partial charge in [-0.15, -0.1) is 0 Å². The van der Waals surface area contributed by atoms with Crippen molar-refractivity contribution in [2.45, 2.75) is 30.8 Å². The van der Waals surface area contributed by atoms with E-state index in [0.717, 1.165) is 4.90 Å². The third-order valence-electron chi connectivity index (χ3n) is 3.31. The van der Waals surface area contributed by atoms with Crippen molar-refractivity contribution in [3.8, 4) is 0 Å². The Labute approximate surface area is 106 Å². The normalized spacial score (nSPS) is 41.5. The fourth-order valence-corrected chi connectivity index (χ4v) is 2.36. The second kappa shape index (κ2) is 4.08. The van der Waals surface area contributed by atoms with E-state index < -0.39 is 48.4 Å². The number of hydrogen-bond donors (Lipinski definition) is 3. The minimum Gasteiger partial charge on any atom is -0.387 e. The van der Waals surface area contributed by atoms with Gasteiger partial charge in [-0.05, 0) is 0 Å². The standard InChI is InChI=1S/C9H10N4O6/c10-12-3-6(16)11-9(17)13-7(3)18-1-2-4(14)5(15)8(13)19-2/h2,4-5,7-8,14-15H,1H2,(H,11,16,17). The molecule has 0 spiro atoms. The first-order chi connectivity index (χ1) is 9.04. The fourth-order valence-electron chi connectivity index (χ4n) is 2.36. The van der Waals surface area contributed by atoms with Gasteiger partial charge in [0.25, 0.3) is 0 Å². The van der Waals surface area contributed by atoms with Crippen LogP contribution in [0, 0.1) is 0 Å². The number of aliphatic hydroxyl groups excluding tert-OH is 2. The number of hydrogen-bond acceptors (Lipinski definition) is 6. The minimum absolute atomic E-state index is 0.157. The second-order valence-corrected chi connectivity index (χ2v) is 4.38. The number of ether oxygens (including phenoxy) is 2. The van der Waals surface area contributed by atoms with Crippen LogP contribution in [0.2, 0.25) is 0 Å². The van der Waals surface area contributed by atoms with Gasteiger partial charge in [0.1, 0.15) is 18.3 Å². The molecule has 3 aliphatic heterocycles. The molecule has 0 aromatic heterocycles. The first-order valence-corrected chi connectivity index (χ1v) is 5.53. The summed E-state index contributed by atoms with van der Waals surface area (Å²) in [6.45, 7) is -0.157. The van der Waals surface area contributed by atoms with Crippen LogP contribution in [0.4, 0.5) is 4.79 Å². The number of imide groups is 1. The molecule has 10 heteroatoms. The summed E-state index contributed by atoms with van der Waals surface area (Å²) in [4.78, 5) is 27.0. The number of urea groups is 1. The van der Waals surface area contributed by atoms with E-state index in [4.69, 9.17) is 15.0 Å². The molecule has 5 unspecified atom stereocenters. The molecule has 3 fully saturated rings.